The van der Waals surface area contributed by atoms with Crippen molar-refractivity contribution < 1.29 is 15.0 Å². The summed E-state index contributed by atoms with van der Waals surface area (Å²) in [4.78, 5) is 20.0. The van der Waals surface area contributed by atoms with E-state index in [1.165, 1.54) is 6.07 Å². The summed E-state index contributed by atoms with van der Waals surface area (Å²) in [5.41, 5.74) is 3.54. The fourth-order valence-electron chi connectivity index (χ4n) is 2.65. The first-order valence-corrected chi connectivity index (χ1v) is 7.73. The number of rotatable bonds is 4. The van der Waals surface area contributed by atoms with Crippen LogP contribution in [-0.4, -0.2) is 26.2 Å². The average molecular weight is 343 g/mol. The van der Waals surface area contributed by atoms with Gasteiger partial charge in [0.25, 0.3) is 0 Å². The molecule has 5 nitrogen and oxygen atoms in total. The van der Waals surface area contributed by atoms with Gasteiger partial charge in [0.15, 0.2) is 0 Å². The van der Waals surface area contributed by atoms with Crippen molar-refractivity contribution in [3.05, 3.63) is 69.6 Å². The first-order chi connectivity index (χ1) is 11.5. The number of nitrogens with zero attached hydrogens (tertiary/aromatic N) is 2. The summed E-state index contributed by atoms with van der Waals surface area (Å²) in [6.45, 7) is 1.43. The number of hydrogen-bond acceptors (Lipinski definition) is 4. The minimum absolute atomic E-state index is 0.162. The van der Waals surface area contributed by atoms with Gasteiger partial charge in [0, 0.05) is 23.7 Å². The third-order valence-electron chi connectivity index (χ3n) is 3.90. The highest BCUT2D eigenvalue weighted by Crippen LogP contribution is 2.22. The summed E-state index contributed by atoms with van der Waals surface area (Å²) < 4.78 is 0. The molecule has 3 rings (SSSR count). The third-order valence-corrected chi connectivity index (χ3v) is 4.11. The van der Waals surface area contributed by atoms with Crippen LogP contribution in [0.1, 0.15) is 32.9 Å². The van der Waals surface area contributed by atoms with Gasteiger partial charge in [-0.05, 0) is 42.3 Å². The Kier molecular flexibility index (Phi) is 4.46. The smallest absolute Gasteiger partial charge is 0.336 e. The molecule has 2 N–H and O–H groups in total. The van der Waals surface area contributed by atoms with E-state index in [-0.39, 0.29) is 12.2 Å². The molecular formula is C18H15ClN2O3. The second kappa shape index (κ2) is 6.55. The van der Waals surface area contributed by atoms with E-state index in [9.17, 15) is 15.0 Å². The van der Waals surface area contributed by atoms with Gasteiger partial charge in [-0.15, -0.1) is 0 Å². The highest BCUT2D eigenvalue weighted by molar-refractivity contribution is 6.31. The molecule has 2 heterocycles. The van der Waals surface area contributed by atoms with Gasteiger partial charge in [-0.25, -0.2) is 4.79 Å². The summed E-state index contributed by atoms with van der Waals surface area (Å²) in [6.07, 6.45) is 2.06. The fourth-order valence-corrected chi connectivity index (χ4v) is 2.82. The summed E-state index contributed by atoms with van der Waals surface area (Å²) in [6, 6.07) is 9.02. The highest BCUT2D eigenvalue weighted by Gasteiger charge is 2.14. The molecule has 0 unspecified atom stereocenters. The van der Waals surface area contributed by atoms with Crippen LogP contribution in [0.4, 0.5) is 0 Å². The van der Waals surface area contributed by atoms with E-state index in [1.807, 2.05) is 24.3 Å². The molecule has 0 spiro atoms. The number of fused-ring (bicyclic) bond motifs is 1. The van der Waals surface area contributed by atoms with Crippen LogP contribution in [0.15, 0.2) is 36.5 Å². The molecule has 0 bridgehead atoms. The lowest BCUT2D eigenvalue weighted by Crippen LogP contribution is -2.08. The second-order valence-corrected chi connectivity index (χ2v) is 5.99. The first-order valence-electron chi connectivity index (χ1n) is 7.35. The maximum atomic E-state index is 11.4. The van der Waals surface area contributed by atoms with Crippen molar-refractivity contribution in [3.63, 3.8) is 0 Å². The van der Waals surface area contributed by atoms with Crippen LogP contribution < -0.4 is 0 Å². The van der Waals surface area contributed by atoms with E-state index < -0.39 is 5.97 Å². The lowest BCUT2D eigenvalue weighted by atomic mass is 10.00. The predicted octanol–water partition coefficient (Wildman–Crippen LogP) is 3.37. The Hall–Kier alpha value is -2.50. The van der Waals surface area contributed by atoms with E-state index >= 15 is 0 Å². The Morgan fingerprint density at radius 1 is 1.25 bits per heavy atom. The van der Waals surface area contributed by atoms with Crippen LogP contribution in [0.2, 0.25) is 5.02 Å². The van der Waals surface area contributed by atoms with Crippen molar-refractivity contribution in [2.45, 2.75) is 20.0 Å². The molecule has 0 radical (unpaired) electrons. The molecule has 0 amide bonds. The van der Waals surface area contributed by atoms with E-state index in [2.05, 4.69) is 9.97 Å². The van der Waals surface area contributed by atoms with Crippen LogP contribution in [0.3, 0.4) is 0 Å². The quantitative estimate of drug-likeness (QED) is 0.759. The van der Waals surface area contributed by atoms with Crippen LogP contribution in [0.5, 0.6) is 0 Å². The monoisotopic (exact) mass is 342 g/mol. The largest absolute Gasteiger partial charge is 0.478 e. The zero-order valence-corrected chi connectivity index (χ0v) is 13.7. The Morgan fingerprint density at radius 3 is 2.75 bits per heavy atom. The van der Waals surface area contributed by atoms with Crippen LogP contribution in [0, 0.1) is 6.92 Å². The van der Waals surface area contributed by atoms with E-state index in [1.54, 1.807) is 13.1 Å². The zero-order valence-electron chi connectivity index (χ0n) is 13.0. The van der Waals surface area contributed by atoms with Gasteiger partial charge in [-0.2, -0.15) is 0 Å². The molecule has 0 fully saturated rings. The SMILES string of the molecule is Cc1c(C(=O)O)cc(CO)nc1Cc1ccc2ncc(Cl)cc2c1. The number of carboxylic acid groups (broad SMARTS) is 1. The van der Waals surface area contributed by atoms with E-state index in [0.29, 0.717) is 28.4 Å². The molecule has 0 saturated heterocycles. The number of carboxylic acids is 1. The Morgan fingerprint density at radius 2 is 2.04 bits per heavy atom. The van der Waals surface area contributed by atoms with Crippen molar-refractivity contribution >= 4 is 28.5 Å². The number of carbonyl (C=O) groups is 1. The molecule has 122 valence electrons. The van der Waals surface area contributed by atoms with Gasteiger partial charge in [0.1, 0.15) is 0 Å². The summed E-state index contributed by atoms with van der Waals surface area (Å²) in [5.74, 6) is -1.03. The molecule has 0 aliphatic heterocycles. The molecule has 24 heavy (non-hydrogen) atoms. The van der Waals surface area contributed by atoms with Gasteiger partial charge in [-0.1, -0.05) is 17.7 Å². The van der Waals surface area contributed by atoms with Gasteiger partial charge >= 0.3 is 5.97 Å². The van der Waals surface area contributed by atoms with Crippen molar-refractivity contribution in [3.8, 4) is 0 Å². The number of aromatic nitrogens is 2. The lowest BCUT2D eigenvalue weighted by molar-refractivity contribution is 0.0695. The van der Waals surface area contributed by atoms with Gasteiger partial charge in [-0.3, -0.25) is 9.97 Å². The fraction of sp³-hybridized carbons (Fsp3) is 0.167. The summed E-state index contributed by atoms with van der Waals surface area (Å²) in [7, 11) is 0. The third kappa shape index (κ3) is 3.22. The number of aromatic carboxylic acids is 1. The molecule has 3 aromatic rings. The Labute approximate surface area is 143 Å². The van der Waals surface area contributed by atoms with Gasteiger partial charge in [0.2, 0.25) is 0 Å². The van der Waals surface area contributed by atoms with Crippen LogP contribution in [0.25, 0.3) is 10.9 Å². The first kappa shape index (κ1) is 16.4. The normalized spacial score (nSPS) is 11.0. The van der Waals surface area contributed by atoms with Gasteiger partial charge in [0.05, 0.1) is 28.4 Å². The molecular weight excluding hydrogens is 328 g/mol. The predicted molar refractivity (Wildman–Crippen MR) is 91.4 cm³/mol. The van der Waals surface area contributed by atoms with Crippen LogP contribution >= 0.6 is 11.6 Å². The minimum Gasteiger partial charge on any atom is -0.478 e. The minimum atomic E-state index is -1.03. The van der Waals surface area contributed by atoms with Gasteiger partial charge < -0.3 is 10.2 Å². The number of hydrogen-bond donors (Lipinski definition) is 2. The van der Waals surface area contributed by atoms with E-state index in [4.69, 9.17) is 11.6 Å². The number of pyridine rings is 2. The summed E-state index contributed by atoms with van der Waals surface area (Å²) in [5, 5.41) is 20.1. The number of aliphatic hydroxyl groups is 1. The highest BCUT2D eigenvalue weighted by atomic mass is 35.5. The maximum Gasteiger partial charge on any atom is 0.336 e. The van der Waals surface area contributed by atoms with Crippen molar-refractivity contribution in [2.75, 3.05) is 0 Å². The standard InChI is InChI=1S/C18H15ClN2O3/c1-10-15(18(23)24)7-14(9-22)21-17(10)5-11-2-3-16-12(4-11)6-13(19)8-20-16/h2-4,6-8,22H,5,9H2,1H3,(H,23,24). The Bertz CT molecular complexity index is 941. The maximum absolute atomic E-state index is 11.4. The molecule has 0 aliphatic carbocycles. The Balaban J connectivity index is 2.04. The zero-order chi connectivity index (χ0) is 17.3. The summed E-state index contributed by atoms with van der Waals surface area (Å²) >= 11 is 5.98. The average Bonchev–Trinajstić information content (AvgIpc) is 2.56. The van der Waals surface area contributed by atoms with Crippen molar-refractivity contribution in [2.24, 2.45) is 0 Å². The molecule has 0 aliphatic rings. The molecule has 2 aromatic heterocycles. The van der Waals surface area contributed by atoms with Crippen molar-refractivity contribution in [1.29, 1.82) is 0 Å². The molecule has 0 atom stereocenters. The molecule has 1 aromatic carbocycles. The topological polar surface area (TPSA) is 83.3 Å². The number of benzene rings is 1. The van der Waals surface area contributed by atoms with Crippen LogP contribution in [-0.2, 0) is 13.0 Å². The number of halogens is 1. The second-order valence-electron chi connectivity index (χ2n) is 5.55. The molecule has 6 heteroatoms. The molecule has 0 saturated carbocycles. The van der Waals surface area contributed by atoms with Crippen molar-refractivity contribution in [1.82, 2.24) is 9.97 Å². The van der Waals surface area contributed by atoms with E-state index in [0.717, 1.165) is 16.5 Å². The number of aliphatic hydroxyl groups excluding tert-OH is 1. The lowest BCUT2D eigenvalue weighted by Gasteiger charge is -2.11.